The maximum absolute atomic E-state index is 12.4. The summed E-state index contributed by atoms with van der Waals surface area (Å²) in [5.74, 6) is 1.97. The quantitative estimate of drug-likeness (QED) is 0.202. The van der Waals surface area contributed by atoms with E-state index in [0.29, 0.717) is 11.5 Å². The van der Waals surface area contributed by atoms with Crippen molar-refractivity contribution >= 4 is 28.8 Å². The van der Waals surface area contributed by atoms with Crippen LogP contribution in [0.3, 0.4) is 0 Å². The number of thioether (sulfide) groups is 1. The Hall–Kier alpha value is -4.32. The van der Waals surface area contributed by atoms with Gasteiger partial charge in [-0.3, -0.25) is 0 Å². The molecular weight excluding hydrogens is 529 g/mol. The molecule has 0 radical (unpaired) electrons. The maximum atomic E-state index is 12.4. The summed E-state index contributed by atoms with van der Waals surface area (Å²) in [6, 6.07) is 20.8. The molecule has 1 saturated heterocycles. The van der Waals surface area contributed by atoms with Crippen LogP contribution < -0.4 is 14.4 Å². The first-order valence-electron chi connectivity index (χ1n) is 11.9. The lowest BCUT2D eigenvalue weighted by atomic mass is 10.1. The van der Waals surface area contributed by atoms with E-state index in [1.165, 1.54) is 35.3 Å². The van der Waals surface area contributed by atoms with Gasteiger partial charge in [0.1, 0.15) is 17.8 Å². The van der Waals surface area contributed by atoms with E-state index in [-0.39, 0.29) is 5.75 Å². The molecule has 3 aromatic carbocycles. The predicted octanol–water partition coefficient (Wildman–Crippen LogP) is 6.17. The fourth-order valence-corrected chi connectivity index (χ4v) is 4.74. The number of benzene rings is 3. The second-order valence-corrected chi connectivity index (χ2v) is 9.42. The van der Waals surface area contributed by atoms with Gasteiger partial charge in [-0.05, 0) is 60.5 Å². The highest BCUT2D eigenvalue weighted by molar-refractivity contribution is 8.14. The minimum atomic E-state index is -4.74. The molecular formula is C27H23F3N6O2S. The summed E-state index contributed by atoms with van der Waals surface area (Å²) in [7, 11) is 1.64. The van der Waals surface area contributed by atoms with Gasteiger partial charge in [0.2, 0.25) is 0 Å². The summed E-state index contributed by atoms with van der Waals surface area (Å²) < 4.78 is 47.7. The van der Waals surface area contributed by atoms with Crippen LogP contribution in [0.2, 0.25) is 0 Å². The molecule has 39 heavy (non-hydrogen) atoms. The summed E-state index contributed by atoms with van der Waals surface area (Å²) in [6.45, 7) is 0.869. The maximum Gasteiger partial charge on any atom is 0.573 e. The normalized spacial score (nSPS) is 15.2. The molecule has 1 aromatic heterocycles. The lowest BCUT2D eigenvalue weighted by Gasteiger charge is -2.28. The molecule has 1 aliphatic heterocycles. The zero-order valence-corrected chi connectivity index (χ0v) is 21.6. The van der Waals surface area contributed by atoms with Crippen LogP contribution in [0.15, 0.2) is 89.3 Å². The van der Waals surface area contributed by atoms with Crippen LogP contribution in [0.4, 0.5) is 18.9 Å². The smallest absolute Gasteiger partial charge is 0.497 e. The Morgan fingerprint density at radius 3 is 2.31 bits per heavy atom. The molecule has 0 atom stereocenters. The van der Waals surface area contributed by atoms with Gasteiger partial charge in [-0.1, -0.05) is 36.0 Å². The Morgan fingerprint density at radius 1 is 0.923 bits per heavy atom. The first-order valence-corrected chi connectivity index (χ1v) is 12.9. The largest absolute Gasteiger partial charge is 0.573 e. The Labute approximate surface area is 226 Å². The summed E-state index contributed by atoms with van der Waals surface area (Å²) in [6.07, 6.45) is -0.494. The van der Waals surface area contributed by atoms with Crippen molar-refractivity contribution in [3.8, 4) is 28.6 Å². The van der Waals surface area contributed by atoms with Crippen LogP contribution in [0.5, 0.6) is 11.5 Å². The van der Waals surface area contributed by atoms with Gasteiger partial charge in [0.25, 0.3) is 0 Å². The van der Waals surface area contributed by atoms with Crippen molar-refractivity contribution in [2.24, 2.45) is 10.2 Å². The number of ether oxygens (including phenoxy) is 2. The third-order valence-corrected chi connectivity index (χ3v) is 6.77. The molecule has 0 amide bonds. The Kier molecular flexibility index (Phi) is 7.82. The fraction of sp³-hybridized carbons (Fsp3) is 0.185. The highest BCUT2D eigenvalue weighted by Crippen LogP contribution is 2.27. The van der Waals surface area contributed by atoms with Gasteiger partial charge in [0.15, 0.2) is 11.0 Å². The second-order valence-electron chi connectivity index (χ2n) is 8.36. The number of methoxy groups -OCH3 is 1. The first-order chi connectivity index (χ1) is 18.9. The number of anilines is 1. The van der Waals surface area contributed by atoms with Gasteiger partial charge in [0, 0.05) is 23.5 Å². The Morgan fingerprint density at radius 2 is 1.62 bits per heavy atom. The van der Waals surface area contributed by atoms with E-state index in [4.69, 9.17) is 4.74 Å². The molecule has 8 nitrogen and oxygen atoms in total. The number of nitrogens with zero attached hydrogens (tertiary/aromatic N) is 6. The van der Waals surface area contributed by atoms with Crippen LogP contribution in [-0.2, 0) is 0 Å². The molecule has 0 spiro atoms. The van der Waals surface area contributed by atoms with Crippen LogP contribution in [0, 0.1) is 0 Å². The van der Waals surface area contributed by atoms with E-state index in [1.54, 1.807) is 25.1 Å². The molecule has 12 heteroatoms. The van der Waals surface area contributed by atoms with Crippen molar-refractivity contribution in [1.29, 1.82) is 0 Å². The van der Waals surface area contributed by atoms with E-state index in [0.717, 1.165) is 46.4 Å². The zero-order chi connectivity index (χ0) is 27.2. The molecule has 2 heterocycles. The van der Waals surface area contributed by atoms with Crippen molar-refractivity contribution in [2.75, 3.05) is 24.3 Å². The zero-order valence-electron chi connectivity index (χ0n) is 20.7. The average molecular weight is 553 g/mol. The number of rotatable bonds is 7. The van der Waals surface area contributed by atoms with Gasteiger partial charge >= 0.3 is 6.36 Å². The summed E-state index contributed by atoms with van der Waals surface area (Å²) >= 11 is 1.67. The van der Waals surface area contributed by atoms with Crippen LogP contribution in [0.25, 0.3) is 17.1 Å². The monoisotopic (exact) mass is 552 g/mol. The molecule has 5 rings (SSSR count). The van der Waals surface area contributed by atoms with Gasteiger partial charge in [0.05, 0.1) is 19.0 Å². The standard InChI is InChI=1S/C27H23F3N6O2S/c1-37-23-11-7-21(8-12-23)35-15-2-16-39-26(35)33-32-17-19-3-5-20(6-4-19)25-31-18-36(34-25)22-9-13-24(14-10-22)38-27(28,29)30/h3-14,17-18H,2,15-16H2,1H3/b32-17+,33-26-. The van der Waals surface area contributed by atoms with Crippen molar-refractivity contribution < 1.29 is 22.6 Å². The highest BCUT2D eigenvalue weighted by atomic mass is 32.2. The van der Waals surface area contributed by atoms with E-state index in [1.807, 2.05) is 48.5 Å². The third kappa shape index (κ3) is 6.77. The van der Waals surface area contributed by atoms with E-state index < -0.39 is 6.36 Å². The molecule has 0 saturated carbocycles. The Balaban J connectivity index is 1.24. The minimum Gasteiger partial charge on any atom is -0.497 e. The summed E-state index contributed by atoms with van der Waals surface area (Å²) in [5.41, 5.74) is 3.23. The molecule has 4 aromatic rings. The molecule has 0 N–H and O–H groups in total. The van der Waals surface area contributed by atoms with Crippen LogP contribution in [0.1, 0.15) is 12.0 Å². The van der Waals surface area contributed by atoms with Gasteiger partial charge < -0.3 is 14.4 Å². The molecule has 200 valence electrons. The number of alkyl halides is 3. The lowest BCUT2D eigenvalue weighted by molar-refractivity contribution is -0.274. The summed E-state index contributed by atoms with van der Waals surface area (Å²) in [5, 5.41) is 14.0. The average Bonchev–Trinajstić information content (AvgIpc) is 3.44. The van der Waals surface area contributed by atoms with Gasteiger partial charge in [-0.2, -0.15) is 5.10 Å². The topological polar surface area (TPSA) is 77.1 Å². The van der Waals surface area contributed by atoms with E-state index in [9.17, 15) is 13.2 Å². The Bertz CT molecular complexity index is 1450. The second kappa shape index (κ2) is 11.6. The first kappa shape index (κ1) is 26.3. The molecule has 0 aliphatic carbocycles. The summed E-state index contributed by atoms with van der Waals surface area (Å²) in [4.78, 5) is 6.46. The number of halogens is 3. The number of hydrogen-bond donors (Lipinski definition) is 0. The number of aromatic nitrogens is 3. The third-order valence-electron chi connectivity index (χ3n) is 5.72. The minimum absolute atomic E-state index is 0.301. The lowest BCUT2D eigenvalue weighted by Crippen LogP contribution is -2.33. The molecule has 0 bridgehead atoms. The molecule has 1 fully saturated rings. The molecule has 1 aliphatic rings. The van der Waals surface area contributed by atoms with E-state index in [2.05, 4.69) is 29.9 Å². The van der Waals surface area contributed by atoms with Crippen molar-refractivity contribution in [3.63, 3.8) is 0 Å². The van der Waals surface area contributed by atoms with Gasteiger partial charge in [-0.25, -0.2) is 9.67 Å². The van der Waals surface area contributed by atoms with Crippen molar-refractivity contribution in [3.05, 3.63) is 84.7 Å². The van der Waals surface area contributed by atoms with Crippen LogP contribution in [-0.4, -0.2) is 51.9 Å². The van der Waals surface area contributed by atoms with Gasteiger partial charge in [-0.15, -0.1) is 23.4 Å². The predicted molar refractivity (Wildman–Crippen MR) is 146 cm³/mol. The molecule has 0 unspecified atom stereocenters. The van der Waals surface area contributed by atoms with Crippen molar-refractivity contribution in [2.45, 2.75) is 12.8 Å². The number of amidine groups is 1. The van der Waals surface area contributed by atoms with Crippen LogP contribution >= 0.6 is 11.8 Å². The van der Waals surface area contributed by atoms with Crippen molar-refractivity contribution in [1.82, 2.24) is 14.8 Å². The fourth-order valence-electron chi connectivity index (χ4n) is 3.83. The van der Waals surface area contributed by atoms with E-state index >= 15 is 0 Å². The number of hydrogen-bond acceptors (Lipinski definition) is 7. The highest BCUT2D eigenvalue weighted by Gasteiger charge is 2.31. The SMILES string of the molecule is COc1ccc(N2CCCS/C2=N\N=C\c2ccc(-c3ncn(-c4ccc(OC(F)(F)F)cc4)n3)cc2)cc1.